The Hall–Kier alpha value is -0.120. The molecule has 3 nitrogen and oxygen atoms in total. The molecule has 0 aromatic rings. The largest absolute Gasteiger partial charge is 0.368 e. The molecule has 1 heterocycles. The fourth-order valence-corrected chi connectivity index (χ4v) is 1.19. The standard InChI is InChI=1S/C7H15NO2/c1-2-8-6-3-4-7(9)10-5-6/h6-9H,2-5H2,1H3. The van der Waals surface area contributed by atoms with Crippen LogP contribution in [0.1, 0.15) is 19.8 Å². The van der Waals surface area contributed by atoms with E-state index in [1.807, 2.05) is 0 Å². The highest BCUT2D eigenvalue weighted by molar-refractivity contribution is 4.69. The van der Waals surface area contributed by atoms with Gasteiger partial charge in [-0.25, -0.2) is 0 Å². The first kappa shape index (κ1) is 7.98. The van der Waals surface area contributed by atoms with Gasteiger partial charge in [0.25, 0.3) is 0 Å². The number of rotatable bonds is 2. The topological polar surface area (TPSA) is 41.5 Å². The van der Waals surface area contributed by atoms with E-state index in [0.717, 1.165) is 19.4 Å². The normalized spacial score (nSPS) is 34.2. The summed E-state index contributed by atoms with van der Waals surface area (Å²) in [5, 5.41) is 12.2. The molecule has 2 unspecified atom stereocenters. The summed E-state index contributed by atoms with van der Waals surface area (Å²) >= 11 is 0. The number of aliphatic hydroxyl groups is 1. The maximum absolute atomic E-state index is 8.95. The zero-order chi connectivity index (χ0) is 7.40. The van der Waals surface area contributed by atoms with Crippen molar-refractivity contribution < 1.29 is 9.84 Å². The summed E-state index contributed by atoms with van der Waals surface area (Å²) in [6.07, 6.45) is 1.27. The first-order valence-electron chi connectivity index (χ1n) is 3.86. The molecule has 1 rings (SSSR count). The van der Waals surface area contributed by atoms with Crippen LogP contribution in [0.15, 0.2) is 0 Å². The maximum Gasteiger partial charge on any atom is 0.154 e. The quantitative estimate of drug-likeness (QED) is 0.578. The number of hydrogen-bond acceptors (Lipinski definition) is 3. The summed E-state index contributed by atoms with van der Waals surface area (Å²) in [6, 6.07) is 0.452. The molecule has 0 bridgehead atoms. The molecule has 0 aromatic carbocycles. The van der Waals surface area contributed by atoms with Crippen LogP contribution in [0.3, 0.4) is 0 Å². The zero-order valence-corrected chi connectivity index (χ0v) is 6.34. The number of ether oxygens (including phenoxy) is 1. The molecular weight excluding hydrogens is 130 g/mol. The van der Waals surface area contributed by atoms with Gasteiger partial charge in [0.1, 0.15) is 0 Å². The Bertz CT molecular complexity index is 89.6. The lowest BCUT2D eigenvalue weighted by Crippen LogP contribution is -2.39. The van der Waals surface area contributed by atoms with Gasteiger partial charge in [-0.15, -0.1) is 0 Å². The van der Waals surface area contributed by atoms with Crippen molar-refractivity contribution in [1.29, 1.82) is 0 Å². The Morgan fingerprint density at radius 2 is 2.40 bits per heavy atom. The lowest BCUT2D eigenvalue weighted by atomic mass is 10.1. The van der Waals surface area contributed by atoms with E-state index in [2.05, 4.69) is 12.2 Å². The third kappa shape index (κ3) is 2.25. The van der Waals surface area contributed by atoms with E-state index in [1.165, 1.54) is 0 Å². The third-order valence-electron chi connectivity index (χ3n) is 1.74. The molecule has 0 aliphatic carbocycles. The van der Waals surface area contributed by atoms with Crippen LogP contribution in [-0.4, -0.2) is 30.6 Å². The van der Waals surface area contributed by atoms with E-state index < -0.39 is 6.29 Å². The number of hydrogen-bond donors (Lipinski definition) is 2. The van der Waals surface area contributed by atoms with Gasteiger partial charge < -0.3 is 15.2 Å². The highest BCUT2D eigenvalue weighted by atomic mass is 16.6. The minimum atomic E-state index is -0.519. The van der Waals surface area contributed by atoms with Crippen molar-refractivity contribution >= 4 is 0 Å². The molecule has 0 aromatic heterocycles. The van der Waals surface area contributed by atoms with Crippen molar-refractivity contribution in [3.8, 4) is 0 Å². The van der Waals surface area contributed by atoms with Gasteiger partial charge in [0, 0.05) is 6.04 Å². The van der Waals surface area contributed by atoms with Gasteiger partial charge in [0.15, 0.2) is 6.29 Å². The summed E-state index contributed by atoms with van der Waals surface area (Å²) in [7, 11) is 0. The summed E-state index contributed by atoms with van der Waals surface area (Å²) in [4.78, 5) is 0. The fraction of sp³-hybridized carbons (Fsp3) is 1.00. The Morgan fingerprint density at radius 3 is 2.90 bits per heavy atom. The molecule has 0 saturated carbocycles. The van der Waals surface area contributed by atoms with Crippen molar-refractivity contribution in [3.05, 3.63) is 0 Å². The molecule has 2 N–H and O–H groups in total. The van der Waals surface area contributed by atoms with Crippen molar-refractivity contribution in [3.63, 3.8) is 0 Å². The molecule has 1 aliphatic heterocycles. The molecule has 1 saturated heterocycles. The summed E-state index contributed by atoms with van der Waals surface area (Å²) in [5.74, 6) is 0. The average molecular weight is 145 g/mol. The smallest absolute Gasteiger partial charge is 0.154 e. The van der Waals surface area contributed by atoms with Crippen LogP contribution >= 0.6 is 0 Å². The second-order valence-corrected chi connectivity index (χ2v) is 2.62. The van der Waals surface area contributed by atoms with Crippen LogP contribution < -0.4 is 5.32 Å². The predicted molar refractivity (Wildman–Crippen MR) is 38.7 cm³/mol. The lowest BCUT2D eigenvalue weighted by molar-refractivity contribution is -0.132. The van der Waals surface area contributed by atoms with Crippen LogP contribution in [0.5, 0.6) is 0 Å². The van der Waals surface area contributed by atoms with Gasteiger partial charge in [-0.1, -0.05) is 6.92 Å². The summed E-state index contributed by atoms with van der Waals surface area (Å²) < 4.78 is 5.04. The molecule has 2 atom stereocenters. The Labute approximate surface area is 61.4 Å². The van der Waals surface area contributed by atoms with Crippen molar-refractivity contribution in [2.75, 3.05) is 13.2 Å². The highest BCUT2D eigenvalue weighted by Crippen LogP contribution is 2.10. The molecule has 0 radical (unpaired) electrons. The van der Waals surface area contributed by atoms with E-state index in [0.29, 0.717) is 12.6 Å². The van der Waals surface area contributed by atoms with Crippen LogP contribution in [0.25, 0.3) is 0 Å². The molecule has 0 amide bonds. The van der Waals surface area contributed by atoms with Crippen LogP contribution in [-0.2, 0) is 4.74 Å². The van der Waals surface area contributed by atoms with Crippen molar-refractivity contribution in [2.45, 2.75) is 32.1 Å². The van der Waals surface area contributed by atoms with Crippen molar-refractivity contribution in [1.82, 2.24) is 5.32 Å². The third-order valence-corrected chi connectivity index (χ3v) is 1.74. The number of likely N-dealkylation sites (N-methyl/N-ethyl adjacent to an activating group) is 1. The van der Waals surface area contributed by atoms with E-state index >= 15 is 0 Å². The fourth-order valence-electron chi connectivity index (χ4n) is 1.19. The van der Waals surface area contributed by atoms with Gasteiger partial charge in [0.2, 0.25) is 0 Å². The summed E-state index contributed by atoms with van der Waals surface area (Å²) in [6.45, 7) is 3.70. The minimum Gasteiger partial charge on any atom is -0.368 e. The Balaban J connectivity index is 2.13. The van der Waals surface area contributed by atoms with E-state index in [9.17, 15) is 0 Å². The van der Waals surface area contributed by atoms with Gasteiger partial charge in [0.05, 0.1) is 6.61 Å². The molecule has 1 fully saturated rings. The monoisotopic (exact) mass is 145 g/mol. The van der Waals surface area contributed by atoms with Gasteiger partial charge >= 0.3 is 0 Å². The second-order valence-electron chi connectivity index (χ2n) is 2.62. The molecule has 60 valence electrons. The molecule has 10 heavy (non-hydrogen) atoms. The first-order valence-corrected chi connectivity index (χ1v) is 3.86. The minimum absolute atomic E-state index is 0.452. The van der Waals surface area contributed by atoms with Crippen molar-refractivity contribution in [2.24, 2.45) is 0 Å². The lowest BCUT2D eigenvalue weighted by Gasteiger charge is -2.26. The zero-order valence-electron chi connectivity index (χ0n) is 6.34. The van der Waals surface area contributed by atoms with Gasteiger partial charge in [-0.05, 0) is 19.4 Å². The molecular formula is C7H15NO2. The second kappa shape index (κ2) is 3.91. The summed E-state index contributed by atoms with van der Waals surface area (Å²) in [5.41, 5.74) is 0. The number of nitrogens with one attached hydrogen (secondary N) is 1. The first-order chi connectivity index (χ1) is 4.83. The average Bonchev–Trinajstić information content (AvgIpc) is 1.95. The molecule has 1 aliphatic rings. The predicted octanol–water partition coefficient (Wildman–Crippen LogP) is 0.0933. The molecule has 3 heteroatoms. The van der Waals surface area contributed by atoms with Crippen LogP contribution in [0.4, 0.5) is 0 Å². The highest BCUT2D eigenvalue weighted by Gasteiger charge is 2.17. The Kier molecular flexibility index (Phi) is 3.12. The van der Waals surface area contributed by atoms with E-state index in [1.54, 1.807) is 0 Å². The van der Waals surface area contributed by atoms with Crippen LogP contribution in [0, 0.1) is 0 Å². The van der Waals surface area contributed by atoms with E-state index in [-0.39, 0.29) is 0 Å². The maximum atomic E-state index is 8.95. The SMILES string of the molecule is CCNC1CCC(O)OC1. The van der Waals surface area contributed by atoms with Gasteiger partial charge in [-0.2, -0.15) is 0 Å². The molecule has 0 spiro atoms. The number of aliphatic hydroxyl groups excluding tert-OH is 1. The Morgan fingerprint density at radius 1 is 1.60 bits per heavy atom. The van der Waals surface area contributed by atoms with Gasteiger partial charge in [-0.3, -0.25) is 0 Å². The van der Waals surface area contributed by atoms with E-state index in [4.69, 9.17) is 9.84 Å². The van der Waals surface area contributed by atoms with Crippen LogP contribution in [0.2, 0.25) is 0 Å².